The summed E-state index contributed by atoms with van der Waals surface area (Å²) >= 11 is 0. The highest BCUT2D eigenvalue weighted by Gasteiger charge is 2.27. The van der Waals surface area contributed by atoms with Gasteiger partial charge in [0.25, 0.3) is 0 Å². The Morgan fingerprint density at radius 1 is 1.38 bits per heavy atom. The molecule has 2 N–H and O–H groups in total. The summed E-state index contributed by atoms with van der Waals surface area (Å²) in [5.41, 5.74) is 0. The molecule has 4 nitrogen and oxygen atoms in total. The molecule has 0 aliphatic heterocycles. The second kappa shape index (κ2) is 5.19. The zero-order chi connectivity index (χ0) is 9.68. The monoisotopic (exact) mass is 187 g/mol. The zero-order valence-electron chi connectivity index (χ0n) is 7.78. The van der Waals surface area contributed by atoms with Gasteiger partial charge < -0.3 is 10.2 Å². The molecule has 76 valence electrons. The topological polar surface area (TPSA) is 60.8 Å². The summed E-state index contributed by atoms with van der Waals surface area (Å²) in [6.45, 7) is 1.66. The van der Waals surface area contributed by atoms with Crippen LogP contribution in [-0.4, -0.2) is 46.8 Å². The molecule has 0 amide bonds. The largest absolute Gasteiger partial charge is 0.481 e. The van der Waals surface area contributed by atoms with Crippen molar-refractivity contribution < 1.29 is 15.0 Å². The first-order chi connectivity index (χ1) is 6.24. The molecule has 0 atom stereocenters. The van der Waals surface area contributed by atoms with E-state index in [-0.39, 0.29) is 13.0 Å². The Labute approximate surface area is 78.2 Å². The fraction of sp³-hybridized carbons (Fsp3) is 0.889. The van der Waals surface area contributed by atoms with Crippen molar-refractivity contribution in [3.8, 4) is 0 Å². The van der Waals surface area contributed by atoms with E-state index in [2.05, 4.69) is 4.90 Å². The molecule has 1 aliphatic rings. The molecular weight excluding hydrogens is 170 g/mol. The molecule has 0 radical (unpaired) electrons. The minimum absolute atomic E-state index is 0.170. The van der Waals surface area contributed by atoms with Gasteiger partial charge in [0.1, 0.15) is 0 Å². The first-order valence-corrected chi connectivity index (χ1v) is 4.80. The Morgan fingerprint density at radius 2 is 2.08 bits per heavy atom. The van der Waals surface area contributed by atoms with Crippen LogP contribution in [0, 0.1) is 0 Å². The van der Waals surface area contributed by atoms with E-state index in [4.69, 9.17) is 10.2 Å². The summed E-state index contributed by atoms with van der Waals surface area (Å²) in [4.78, 5) is 12.4. The van der Waals surface area contributed by atoms with Crippen LogP contribution in [-0.2, 0) is 4.79 Å². The molecule has 0 saturated heterocycles. The lowest BCUT2D eigenvalue weighted by atomic mass is 10.3. The standard InChI is InChI=1S/C9H17NO3/c11-7-6-10(8-3-4-8)5-1-2-9(12)13/h8,11H,1-7H2,(H,12,13). The summed E-state index contributed by atoms with van der Waals surface area (Å²) in [7, 11) is 0. The lowest BCUT2D eigenvalue weighted by molar-refractivity contribution is -0.137. The Bertz CT molecular complexity index is 168. The van der Waals surface area contributed by atoms with Gasteiger partial charge in [0, 0.05) is 19.0 Å². The third kappa shape index (κ3) is 4.24. The van der Waals surface area contributed by atoms with Gasteiger partial charge in [0.2, 0.25) is 0 Å². The number of nitrogens with zero attached hydrogens (tertiary/aromatic N) is 1. The lowest BCUT2D eigenvalue weighted by Gasteiger charge is -2.19. The van der Waals surface area contributed by atoms with Crippen LogP contribution in [0.25, 0.3) is 0 Å². The molecule has 13 heavy (non-hydrogen) atoms. The number of hydrogen-bond donors (Lipinski definition) is 2. The molecule has 4 heteroatoms. The van der Waals surface area contributed by atoms with Crippen molar-refractivity contribution in [1.82, 2.24) is 4.90 Å². The first-order valence-electron chi connectivity index (χ1n) is 4.80. The van der Waals surface area contributed by atoms with Crippen LogP contribution >= 0.6 is 0 Å². The van der Waals surface area contributed by atoms with Gasteiger partial charge in [-0.15, -0.1) is 0 Å². The average molecular weight is 187 g/mol. The number of aliphatic carboxylic acids is 1. The van der Waals surface area contributed by atoms with E-state index < -0.39 is 5.97 Å². The number of hydrogen-bond acceptors (Lipinski definition) is 3. The number of aliphatic hydroxyl groups is 1. The van der Waals surface area contributed by atoms with Crippen molar-refractivity contribution in [1.29, 1.82) is 0 Å². The summed E-state index contributed by atoms with van der Waals surface area (Å²) in [6.07, 6.45) is 3.32. The molecule has 1 fully saturated rings. The van der Waals surface area contributed by atoms with Crippen LogP contribution in [0.1, 0.15) is 25.7 Å². The summed E-state index contributed by atoms with van der Waals surface area (Å²) in [5.74, 6) is -0.736. The fourth-order valence-electron chi connectivity index (χ4n) is 1.48. The number of carboxylic acids is 1. The number of carbonyl (C=O) groups is 1. The molecule has 0 aromatic heterocycles. The van der Waals surface area contributed by atoms with E-state index in [1.54, 1.807) is 0 Å². The predicted octanol–water partition coefficient (Wildman–Crippen LogP) is 0.308. The van der Waals surface area contributed by atoms with E-state index in [1.807, 2.05) is 0 Å². The van der Waals surface area contributed by atoms with E-state index in [1.165, 1.54) is 12.8 Å². The molecule has 1 saturated carbocycles. The summed E-state index contributed by atoms with van der Waals surface area (Å²) in [6, 6.07) is 0.612. The fourth-order valence-corrected chi connectivity index (χ4v) is 1.48. The quantitative estimate of drug-likeness (QED) is 0.602. The van der Waals surface area contributed by atoms with E-state index in [0.29, 0.717) is 19.0 Å². The van der Waals surface area contributed by atoms with Gasteiger partial charge in [-0.25, -0.2) is 0 Å². The molecule has 0 aromatic carbocycles. The van der Waals surface area contributed by atoms with E-state index >= 15 is 0 Å². The highest BCUT2D eigenvalue weighted by atomic mass is 16.4. The Kier molecular flexibility index (Phi) is 4.18. The van der Waals surface area contributed by atoms with Gasteiger partial charge in [0.15, 0.2) is 0 Å². The highest BCUT2D eigenvalue weighted by Crippen LogP contribution is 2.26. The SMILES string of the molecule is O=C(O)CCCN(CCO)C1CC1. The third-order valence-electron chi connectivity index (χ3n) is 2.29. The average Bonchev–Trinajstić information content (AvgIpc) is 2.84. The molecule has 0 bridgehead atoms. The van der Waals surface area contributed by atoms with Gasteiger partial charge in [-0.2, -0.15) is 0 Å². The normalized spacial score (nSPS) is 16.5. The van der Waals surface area contributed by atoms with E-state index in [0.717, 1.165) is 6.54 Å². The second-order valence-electron chi connectivity index (χ2n) is 3.49. The Morgan fingerprint density at radius 3 is 2.54 bits per heavy atom. The minimum atomic E-state index is -0.736. The molecule has 1 rings (SSSR count). The van der Waals surface area contributed by atoms with Crippen LogP contribution < -0.4 is 0 Å². The van der Waals surface area contributed by atoms with Crippen molar-refractivity contribution in [3.63, 3.8) is 0 Å². The number of carboxylic acid groups (broad SMARTS) is 1. The van der Waals surface area contributed by atoms with Crippen LogP contribution in [0.5, 0.6) is 0 Å². The molecule has 0 spiro atoms. The minimum Gasteiger partial charge on any atom is -0.481 e. The number of aliphatic hydroxyl groups excluding tert-OH is 1. The van der Waals surface area contributed by atoms with Crippen LogP contribution in [0.2, 0.25) is 0 Å². The molecule has 0 heterocycles. The second-order valence-corrected chi connectivity index (χ2v) is 3.49. The van der Waals surface area contributed by atoms with Crippen LogP contribution in [0.4, 0.5) is 0 Å². The van der Waals surface area contributed by atoms with Gasteiger partial charge in [-0.05, 0) is 25.8 Å². The lowest BCUT2D eigenvalue weighted by Crippen LogP contribution is -2.30. The van der Waals surface area contributed by atoms with Crippen LogP contribution in [0.3, 0.4) is 0 Å². The van der Waals surface area contributed by atoms with Crippen molar-refractivity contribution in [2.75, 3.05) is 19.7 Å². The highest BCUT2D eigenvalue weighted by molar-refractivity contribution is 5.66. The van der Waals surface area contributed by atoms with Crippen molar-refractivity contribution >= 4 is 5.97 Å². The maximum Gasteiger partial charge on any atom is 0.303 e. The molecular formula is C9H17NO3. The van der Waals surface area contributed by atoms with Crippen molar-refractivity contribution in [3.05, 3.63) is 0 Å². The Balaban J connectivity index is 2.10. The maximum atomic E-state index is 10.3. The van der Waals surface area contributed by atoms with Gasteiger partial charge in [-0.1, -0.05) is 0 Å². The van der Waals surface area contributed by atoms with Gasteiger partial charge >= 0.3 is 5.97 Å². The molecule has 1 aliphatic carbocycles. The predicted molar refractivity (Wildman–Crippen MR) is 48.6 cm³/mol. The molecule has 0 unspecified atom stereocenters. The Hall–Kier alpha value is -0.610. The first kappa shape index (κ1) is 10.5. The maximum absolute atomic E-state index is 10.3. The molecule has 0 aromatic rings. The number of rotatable bonds is 7. The summed E-state index contributed by atoms with van der Waals surface area (Å²) in [5, 5.41) is 17.2. The van der Waals surface area contributed by atoms with Crippen molar-refractivity contribution in [2.45, 2.75) is 31.7 Å². The van der Waals surface area contributed by atoms with Crippen molar-refractivity contribution in [2.24, 2.45) is 0 Å². The van der Waals surface area contributed by atoms with Gasteiger partial charge in [-0.3, -0.25) is 9.69 Å². The third-order valence-corrected chi connectivity index (χ3v) is 2.29. The van der Waals surface area contributed by atoms with E-state index in [9.17, 15) is 4.79 Å². The smallest absolute Gasteiger partial charge is 0.303 e. The van der Waals surface area contributed by atoms with Gasteiger partial charge in [0.05, 0.1) is 6.61 Å². The summed E-state index contributed by atoms with van der Waals surface area (Å²) < 4.78 is 0. The zero-order valence-corrected chi connectivity index (χ0v) is 7.78. The van der Waals surface area contributed by atoms with Crippen LogP contribution in [0.15, 0.2) is 0 Å².